The molecule has 0 radical (unpaired) electrons. The number of fused-ring (bicyclic) bond motifs is 1. The van der Waals surface area contributed by atoms with Crippen molar-refractivity contribution in [3.8, 4) is 0 Å². The maximum atomic E-state index is 12.6. The number of carboxylic acid groups (broad SMARTS) is 1. The summed E-state index contributed by atoms with van der Waals surface area (Å²) in [5.41, 5.74) is -0.768. The first kappa shape index (κ1) is 16.8. The maximum absolute atomic E-state index is 12.6. The standard InChI is InChI=1S/C17H24N2O5/c1-11-5-6-14(24-11)13(9-23-2)18-16(22)19-8-12-4-3-7-17(12,10-19)15(20)21/h5-6,12-13H,3-4,7-10H2,1-2H3,(H,18,22)(H,20,21)/t12-,13?,17+/m0/s1. The van der Waals surface area contributed by atoms with Gasteiger partial charge >= 0.3 is 12.0 Å². The molecule has 1 unspecified atom stereocenters. The SMILES string of the molecule is COCC(NC(=O)N1C[C@@H]2CCC[C@@]2(C(=O)O)C1)c1ccc(C)o1. The largest absolute Gasteiger partial charge is 0.481 e. The summed E-state index contributed by atoms with van der Waals surface area (Å²) in [6.07, 6.45) is 2.44. The molecule has 1 aliphatic heterocycles. The molecule has 0 bridgehead atoms. The molecule has 1 aromatic heterocycles. The summed E-state index contributed by atoms with van der Waals surface area (Å²) >= 11 is 0. The van der Waals surface area contributed by atoms with E-state index < -0.39 is 17.4 Å². The van der Waals surface area contributed by atoms with Gasteiger partial charge in [-0.25, -0.2) is 4.79 Å². The number of hydrogen-bond donors (Lipinski definition) is 2. The lowest BCUT2D eigenvalue weighted by molar-refractivity contribution is -0.149. The highest BCUT2D eigenvalue weighted by molar-refractivity contribution is 5.80. The van der Waals surface area contributed by atoms with Crippen LogP contribution in [-0.2, 0) is 9.53 Å². The van der Waals surface area contributed by atoms with E-state index in [0.717, 1.165) is 18.6 Å². The Hall–Kier alpha value is -2.02. The number of aliphatic carboxylic acids is 1. The first-order chi connectivity index (χ1) is 11.5. The van der Waals surface area contributed by atoms with Crippen molar-refractivity contribution in [2.75, 3.05) is 26.8 Å². The smallest absolute Gasteiger partial charge is 0.318 e. The van der Waals surface area contributed by atoms with Gasteiger partial charge in [0.15, 0.2) is 0 Å². The minimum Gasteiger partial charge on any atom is -0.481 e. The average molecular weight is 336 g/mol. The number of urea groups is 1. The van der Waals surface area contributed by atoms with Crippen molar-refractivity contribution in [2.24, 2.45) is 11.3 Å². The Labute approximate surface area is 140 Å². The number of rotatable bonds is 5. The molecule has 0 spiro atoms. The molecule has 3 atom stereocenters. The van der Waals surface area contributed by atoms with E-state index in [0.29, 0.717) is 25.3 Å². The van der Waals surface area contributed by atoms with Crippen LogP contribution in [0.15, 0.2) is 16.5 Å². The van der Waals surface area contributed by atoms with Crippen LogP contribution in [0.2, 0.25) is 0 Å². The highest BCUT2D eigenvalue weighted by Gasteiger charge is 2.55. The van der Waals surface area contributed by atoms with Crippen molar-refractivity contribution in [2.45, 2.75) is 32.2 Å². The monoisotopic (exact) mass is 336 g/mol. The number of nitrogens with zero attached hydrogens (tertiary/aromatic N) is 1. The molecular formula is C17H24N2O5. The number of ether oxygens (including phenoxy) is 1. The summed E-state index contributed by atoms with van der Waals surface area (Å²) in [4.78, 5) is 26.0. The fraction of sp³-hybridized carbons (Fsp3) is 0.647. The third-order valence-electron chi connectivity index (χ3n) is 5.32. The van der Waals surface area contributed by atoms with Gasteiger partial charge in [0.2, 0.25) is 0 Å². The second kappa shape index (κ2) is 6.47. The van der Waals surface area contributed by atoms with Crippen LogP contribution in [0.4, 0.5) is 4.79 Å². The average Bonchev–Trinajstić information content (AvgIpc) is 3.19. The topological polar surface area (TPSA) is 92.0 Å². The number of carbonyl (C=O) groups excluding carboxylic acids is 1. The van der Waals surface area contributed by atoms with Gasteiger partial charge in [0.05, 0.1) is 12.0 Å². The molecule has 1 aromatic rings. The van der Waals surface area contributed by atoms with Crippen LogP contribution in [0.5, 0.6) is 0 Å². The van der Waals surface area contributed by atoms with E-state index >= 15 is 0 Å². The number of carbonyl (C=O) groups is 2. The minimum absolute atomic E-state index is 0.0486. The van der Waals surface area contributed by atoms with Gasteiger partial charge in [-0.15, -0.1) is 0 Å². The molecule has 0 aromatic carbocycles. The molecule has 2 aliphatic rings. The molecule has 2 heterocycles. The van der Waals surface area contributed by atoms with Gasteiger partial charge in [0.25, 0.3) is 0 Å². The van der Waals surface area contributed by atoms with Gasteiger partial charge < -0.3 is 24.5 Å². The number of likely N-dealkylation sites (tertiary alicyclic amines) is 1. The Morgan fingerprint density at radius 1 is 1.54 bits per heavy atom. The second-order valence-corrected chi connectivity index (χ2v) is 6.84. The Morgan fingerprint density at radius 2 is 2.33 bits per heavy atom. The zero-order chi connectivity index (χ0) is 17.3. The summed E-state index contributed by atoms with van der Waals surface area (Å²) in [5.74, 6) is 0.666. The number of amides is 2. The van der Waals surface area contributed by atoms with Crippen molar-refractivity contribution in [3.63, 3.8) is 0 Å². The summed E-state index contributed by atoms with van der Waals surface area (Å²) in [7, 11) is 1.56. The van der Waals surface area contributed by atoms with Crippen molar-refractivity contribution < 1.29 is 23.8 Å². The van der Waals surface area contributed by atoms with Gasteiger partial charge in [-0.2, -0.15) is 0 Å². The van der Waals surface area contributed by atoms with Crippen molar-refractivity contribution >= 4 is 12.0 Å². The molecule has 1 saturated carbocycles. The molecule has 2 N–H and O–H groups in total. The zero-order valence-corrected chi connectivity index (χ0v) is 14.1. The number of aryl methyl sites for hydroxylation is 1. The Kier molecular flexibility index (Phi) is 4.54. The molecule has 7 heteroatoms. The van der Waals surface area contributed by atoms with Crippen LogP contribution < -0.4 is 5.32 Å². The molecule has 24 heavy (non-hydrogen) atoms. The third kappa shape index (κ3) is 2.88. The number of nitrogens with one attached hydrogen (secondary N) is 1. The highest BCUT2D eigenvalue weighted by atomic mass is 16.5. The lowest BCUT2D eigenvalue weighted by atomic mass is 9.81. The number of carboxylic acids is 1. The van der Waals surface area contributed by atoms with Gasteiger partial charge in [-0.05, 0) is 37.8 Å². The molecule has 2 fully saturated rings. The van der Waals surface area contributed by atoms with Crippen LogP contribution in [0.25, 0.3) is 0 Å². The van der Waals surface area contributed by atoms with E-state index in [1.54, 1.807) is 12.0 Å². The Morgan fingerprint density at radius 3 is 2.92 bits per heavy atom. The highest BCUT2D eigenvalue weighted by Crippen LogP contribution is 2.48. The molecule has 2 amide bonds. The van der Waals surface area contributed by atoms with E-state index in [9.17, 15) is 14.7 Å². The lowest BCUT2D eigenvalue weighted by Gasteiger charge is -2.25. The van der Waals surface area contributed by atoms with Gasteiger partial charge in [0.1, 0.15) is 17.6 Å². The van der Waals surface area contributed by atoms with Crippen molar-refractivity contribution in [1.82, 2.24) is 10.2 Å². The van der Waals surface area contributed by atoms with Gasteiger partial charge in [-0.1, -0.05) is 6.42 Å². The first-order valence-corrected chi connectivity index (χ1v) is 8.30. The summed E-state index contributed by atoms with van der Waals surface area (Å²) < 4.78 is 10.8. The summed E-state index contributed by atoms with van der Waals surface area (Å²) in [6.45, 7) is 2.90. The maximum Gasteiger partial charge on any atom is 0.318 e. The van der Waals surface area contributed by atoms with E-state index in [1.807, 2.05) is 19.1 Å². The van der Waals surface area contributed by atoms with Crippen LogP contribution in [-0.4, -0.2) is 48.8 Å². The fourth-order valence-corrected chi connectivity index (χ4v) is 4.04. The fourth-order valence-electron chi connectivity index (χ4n) is 4.04. The summed E-state index contributed by atoms with van der Waals surface area (Å²) in [6, 6.07) is 3.00. The number of hydrogen-bond acceptors (Lipinski definition) is 4. The quantitative estimate of drug-likeness (QED) is 0.860. The number of furan rings is 1. The predicted octanol–water partition coefficient (Wildman–Crippen LogP) is 2.17. The first-order valence-electron chi connectivity index (χ1n) is 8.30. The molecule has 7 nitrogen and oxygen atoms in total. The van der Waals surface area contributed by atoms with Crippen LogP contribution in [0, 0.1) is 18.3 Å². The summed E-state index contributed by atoms with van der Waals surface area (Å²) in [5, 5.41) is 12.5. The Bertz CT molecular complexity index is 628. The van der Waals surface area contributed by atoms with E-state index in [-0.39, 0.29) is 18.5 Å². The molecule has 132 valence electrons. The lowest BCUT2D eigenvalue weighted by Crippen LogP contribution is -2.43. The van der Waals surface area contributed by atoms with Crippen LogP contribution in [0.1, 0.15) is 36.8 Å². The molecule has 1 saturated heterocycles. The van der Waals surface area contributed by atoms with Crippen molar-refractivity contribution in [3.05, 3.63) is 23.7 Å². The van der Waals surface area contributed by atoms with E-state index in [1.165, 1.54) is 0 Å². The van der Waals surface area contributed by atoms with Gasteiger partial charge in [-0.3, -0.25) is 4.79 Å². The normalized spacial score (nSPS) is 27.1. The second-order valence-electron chi connectivity index (χ2n) is 6.84. The van der Waals surface area contributed by atoms with E-state index in [2.05, 4.69) is 5.32 Å². The molecule has 1 aliphatic carbocycles. The Balaban J connectivity index is 1.69. The van der Waals surface area contributed by atoms with Gasteiger partial charge in [0, 0.05) is 20.2 Å². The van der Waals surface area contributed by atoms with Crippen molar-refractivity contribution in [1.29, 1.82) is 0 Å². The van der Waals surface area contributed by atoms with E-state index in [4.69, 9.17) is 9.15 Å². The third-order valence-corrected chi connectivity index (χ3v) is 5.32. The zero-order valence-electron chi connectivity index (χ0n) is 14.1. The molecule has 3 rings (SSSR count). The van der Waals surface area contributed by atoms with Crippen LogP contribution in [0.3, 0.4) is 0 Å². The number of methoxy groups -OCH3 is 1. The minimum atomic E-state index is -0.782. The van der Waals surface area contributed by atoms with Crippen LogP contribution >= 0.6 is 0 Å². The molecular weight excluding hydrogens is 312 g/mol. The predicted molar refractivity (Wildman–Crippen MR) is 85.6 cm³/mol.